The van der Waals surface area contributed by atoms with E-state index in [-0.39, 0.29) is 23.3 Å². The molecule has 2 aromatic rings. The fourth-order valence-corrected chi connectivity index (χ4v) is 4.96. The van der Waals surface area contributed by atoms with Crippen molar-refractivity contribution in [1.29, 1.82) is 0 Å². The first kappa shape index (κ1) is 23.5. The molecule has 0 saturated heterocycles. The third-order valence-corrected chi connectivity index (χ3v) is 7.18. The summed E-state index contributed by atoms with van der Waals surface area (Å²) >= 11 is 0. The molecule has 2 amide bonds. The van der Waals surface area contributed by atoms with E-state index in [1.807, 2.05) is 43.3 Å². The van der Waals surface area contributed by atoms with Crippen molar-refractivity contribution < 1.29 is 9.59 Å². The van der Waals surface area contributed by atoms with Crippen LogP contribution in [0.15, 0.2) is 36.4 Å². The summed E-state index contributed by atoms with van der Waals surface area (Å²) in [6.07, 6.45) is 8.06. The summed E-state index contributed by atoms with van der Waals surface area (Å²) in [5, 5.41) is 8.08. The van der Waals surface area contributed by atoms with E-state index in [9.17, 15) is 9.59 Å². The number of nitrogens with zero attached hydrogens (tertiary/aromatic N) is 3. The molecule has 0 spiro atoms. The maximum absolute atomic E-state index is 13.8. The lowest BCUT2D eigenvalue weighted by Gasteiger charge is -2.44. The maximum Gasteiger partial charge on any atom is 0.273 e. The van der Waals surface area contributed by atoms with Crippen LogP contribution in [-0.4, -0.2) is 38.1 Å². The van der Waals surface area contributed by atoms with Gasteiger partial charge in [0, 0.05) is 18.0 Å². The van der Waals surface area contributed by atoms with Gasteiger partial charge in [-0.1, -0.05) is 83.2 Å². The number of benzene rings is 1. The van der Waals surface area contributed by atoms with Gasteiger partial charge in [0.25, 0.3) is 5.91 Å². The van der Waals surface area contributed by atoms with Gasteiger partial charge < -0.3 is 10.2 Å². The number of carbonyl (C=O) groups is 2. The fraction of sp³-hybridized carbons (Fsp3) is 0.593. The summed E-state index contributed by atoms with van der Waals surface area (Å²) in [6, 6.07) is 12.0. The molecule has 4 rings (SSSR count). The topological polar surface area (TPSA) is 67.2 Å². The van der Waals surface area contributed by atoms with Crippen molar-refractivity contribution >= 4 is 11.8 Å². The van der Waals surface area contributed by atoms with Crippen molar-refractivity contribution in [3.63, 3.8) is 0 Å². The number of aromatic nitrogens is 2. The van der Waals surface area contributed by atoms with E-state index in [0.717, 1.165) is 36.9 Å². The Morgan fingerprint density at radius 3 is 2.36 bits per heavy atom. The average Bonchev–Trinajstić information content (AvgIpc) is 3.18. The standard InChI is InChI=1S/C27H38N4O2/c1-26(2,3)23-17-22-24(32)30(18-20-13-9-8-10-14-20)27(4,19-31(22)29-23)25(33)28-21-15-11-6-5-7-12-16-21/h8-10,13-14,17,21H,5-7,11-12,15-16,18-19H2,1-4H3,(H,28,33)/t27-/m1/s1. The van der Waals surface area contributed by atoms with Crippen LogP contribution in [0.1, 0.15) is 94.4 Å². The van der Waals surface area contributed by atoms with Crippen LogP contribution in [-0.2, 0) is 23.3 Å². The first-order chi connectivity index (χ1) is 15.7. The van der Waals surface area contributed by atoms with Crippen molar-refractivity contribution in [2.45, 2.75) is 103 Å². The molecule has 1 aromatic carbocycles. The lowest BCUT2D eigenvalue weighted by atomic mass is 9.91. The number of rotatable bonds is 4. The van der Waals surface area contributed by atoms with E-state index < -0.39 is 5.54 Å². The second kappa shape index (κ2) is 9.32. The Kier molecular flexibility index (Phi) is 6.64. The van der Waals surface area contributed by atoms with Crippen LogP contribution < -0.4 is 5.32 Å². The van der Waals surface area contributed by atoms with Crippen LogP contribution in [0.5, 0.6) is 0 Å². The average molecular weight is 451 g/mol. The van der Waals surface area contributed by atoms with E-state index in [0.29, 0.717) is 18.8 Å². The molecular formula is C27H38N4O2. The molecule has 2 aliphatic rings. The van der Waals surface area contributed by atoms with Gasteiger partial charge >= 0.3 is 0 Å². The van der Waals surface area contributed by atoms with Crippen molar-refractivity contribution in [2.24, 2.45) is 0 Å². The Bertz CT molecular complexity index is 983. The minimum absolute atomic E-state index is 0.0733. The van der Waals surface area contributed by atoms with Crippen LogP contribution in [0, 0.1) is 0 Å². The molecule has 33 heavy (non-hydrogen) atoms. The summed E-state index contributed by atoms with van der Waals surface area (Å²) in [7, 11) is 0. The van der Waals surface area contributed by atoms with Crippen LogP contribution in [0.2, 0.25) is 0 Å². The summed E-state index contributed by atoms with van der Waals surface area (Å²) in [4.78, 5) is 29.3. The largest absolute Gasteiger partial charge is 0.351 e. The monoisotopic (exact) mass is 450 g/mol. The number of hydrogen-bond donors (Lipinski definition) is 1. The highest BCUT2D eigenvalue weighted by Crippen LogP contribution is 2.32. The third-order valence-electron chi connectivity index (χ3n) is 7.18. The molecule has 1 saturated carbocycles. The van der Waals surface area contributed by atoms with E-state index in [1.165, 1.54) is 19.3 Å². The lowest BCUT2D eigenvalue weighted by molar-refractivity contribution is -0.134. The fourth-order valence-electron chi connectivity index (χ4n) is 4.96. The van der Waals surface area contributed by atoms with Crippen LogP contribution >= 0.6 is 0 Å². The Labute approximate surface area is 197 Å². The van der Waals surface area contributed by atoms with Gasteiger partial charge in [-0.25, -0.2) is 0 Å². The third kappa shape index (κ3) is 4.99. The van der Waals surface area contributed by atoms with Gasteiger partial charge in [-0.15, -0.1) is 0 Å². The molecule has 1 aliphatic heterocycles. The quantitative estimate of drug-likeness (QED) is 0.726. The zero-order valence-electron chi connectivity index (χ0n) is 20.6. The second-order valence-electron chi connectivity index (χ2n) is 11.0. The molecule has 1 N–H and O–H groups in total. The summed E-state index contributed by atoms with van der Waals surface area (Å²) in [5.41, 5.74) is 1.26. The Morgan fingerprint density at radius 2 is 1.73 bits per heavy atom. The van der Waals surface area contributed by atoms with Gasteiger partial charge in [0.05, 0.1) is 12.2 Å². The molecule has 2 heterocycles. The minimum Gasteiger partial charge on any atom is -0.351 e. The number of fused-ring (bicyclic) bond motifs is 1. The van der Waals surface area contributed by atoms with Gasteiger partial charge in [-0.3, -0.25) is 14.3 Å². The Morgan fingerprint density at radius 1 is 1.09 bits per heavy atom. The van der Waals surface area contributed by atoms with Crippen LogP contribution in [0.4, 0.5) is 0 Å². The van der Waals surface area contributed by atoms with Crippen molar-refractivity contribution in [3.05, 3.63) is 53.3 Å². The van der Waals surface area contributed by atoms with E-state index in [2.05, 4.69) is 26.1 Å². The number of amides is 2. The van der Waals surface area contributed by atoms with Crippen molar-refractivity contribution in [3.8, 4) is 0 Å². The minimum atomic E-state index is -1.01. The highest BCUT2D eigenvalue weighted by atomic mass is 16.2. The number of nitrogens with one attached hydrogen (secondary N) is 1. The normalized spacial score (nSPS) is 22.4. The van der Waals surface area contributed by atoms with Gasteiger partial charge in [-0.2, -0.15) is 5.10 Å². The maximum atomic E-state index is 13.8. The van der Waals surface area contributed by atoms with Gasteiger partial charge in [-0.05, 0) is 31.4 Å². The molecule has 0 radical (unpaired) electrons. The molecular weight excluding hydrogens is 412 g/mol. The number of hydrogen-bond acceptors (Lipinski definition) is 3. The zero-order chi connectivity index (χ0) is 23.6. The van der Waals surface area contributed by atoms with Crippen molar-refractivity contribution in [2.75, 3.05) is 0 Å². The zero-order valence-corrected chi connectivity index (χ0v) is 20.6. The van der Waals surface area contributed by atoms with Crippen molar-refractivity contribution in [1.82, 2.24) is 20.0 Å². The SMILES string of the molecule is CC(C)(C)c1cc2n(n1)C[C@](C)(C(=O)NC1CCCCCCC1)N(Cc1ccccc1)C2=O. The summed E-state index contributed by atoms with van der Waals surface area (Å²) in [6.45, 7) is 8.92. The first-order valence-electron chi connectivity index (χ1n) is 12.4. The summed E-state index contributed by atoms with van der Waals surface area (Å²) in [5.74, 6) is -0.209. The Balaban J connectivity index is 1.66. The molecule has 6 heteroatoms. The van der Waals surface area contributed by atoms with Crippen LogP contribution in [0.3, 0.4) is 0 Å². The van der Waals surface area contributed by atoms with Gasteiger partial charge in [0.1, 0.15) is 11.2 Å². The first-order valence-corrected chi connectivity index (χ1v) is 12.4. The van der Waals surface area contributed by atoms with Crippen LogP contribution in [0.25, 0.3) is 0 Å². The molecule has 178 valence electrons. The molecule has 1 aromatic heterocycles. The van der Waals surface area contributed by atoms with E-state index in [1.54, 1.807) is 9.58 Å². The van der Waals surface area contributed by atoms with Gasteiger partial charge in [0.15, 0.2) is 0 Å². The molecule has 1 atom stereocenters. The summed E-state index contributed by atoms with van der Waals surface area (Å²) < 4.78 is 1.75. The highest BCUT2D eigenvalue weighted by Gasteiger charge is 2.48. The predicted molar refractivity (Wildman–Crippen MR) is 130 cm³/mol. The number of carbonyl (C=O) groups excluding carboxylic acids is 2. The van der Waals surface area contributed by atoms with Gasteiger partial charge in [0.2, 0.25) is 5.91 Å². The molecule has 6 nitrogen and oxygen atoms in total. The van der Waals surface area contributed by atoms with E-state index >= 15 is 0 Å². The predicted octanol–water partition coefficient (Wildman–Crippen LogP) is 4.82. The lowest BCUT2D eigenvalue weighted by Crippen LogP contribution is -2.64. The molecule has 0 unspecified atom stereocenters. The molecule has 1 aliphatic carbocycles. The smallest absolute Gasteiger partial charge is 0.273 e. The highest BCUT2D eigenvalue weighted by molar-refractivity contribution is 5.99. The Hall–Kier alpha value is -2.63. The molecule has 1 fully saturated rings. The van der Waals surface area contributed by atoms with E-state index in [4.69, 9.17) is 5.10 Å². The second-order valence-corrected chi connectivity index (χ2v) is 11.0. The molecule has 0 bridgehead atoms.